The first-order valence-electron chi connectivity index (χ1n) is 23.5. The molecule has 1 rings (SSSR count). The highest BCUT2D eigenvalue weighted by molar-refractivity contribution is 7.47. The van der Waals surface area contributed by atoms with Crippen LogP contribution < -0.4 is 0 Å². The van der Waals surface area contributed by atoms with Crippen LogP contribution in [-0.2, 0) is 32.7 Å². The Hall–Kier alpha value is -1.41. The van der Waals surface area contributed by atoms with Crippen molar-refractivity contribution in [3.8, 4) is 0 Å². The molecule has 0 aromatic rings. The van der Waals surface area contributed by atoms with Gasteiger partial charge in [0.15, 0.2) is 6.10 Å². The number of rotatable bonds is 39. The lowest BCUT2D eigenvalue weighted by molar-refractivity contribution is -0.220. The SMILES string of the molecule is CCCCCC/C=C/CCCCCCCCCC(=O)OC[C@H](COP(=O)(O)OC1C(O)C(O)C(O)[C@@H](O)C1O)OC(=O)CCCCCCCCCCCCCCCCC. The third-order valence-electron chi connectivity index (χ3n) is 11.1. The number of aliphatic hydroxyl groups excluding tert-OH is 5. The maximum absolute atomic E-state index is 12.8. The van der Waals surface area contributed by atoms with Gasteiger partial charge in [0.2, 0.25) is 0 Å². The average molecular weight is 865 g/mol. The van der Waals surface area contributed by atoms with Crippen molar-refractivity contribution in [1.82, 2.24) is 0 Å². The van der Waals surface area contributed by atoms with E-state index in [1.54, 1.807) is 0 Å². The number of unbranched alkanes of at least 4 members (excludes halogenated alkanes) is 25. The van der Waals surface area contributed by atoms with Gasteiger partial charge in [0.05, 0.1) is 6.61 Å². The van der Waals surface area contributed by atoms with E-state index in [0.717, 1.165) is 51.4 Å². The van der Waals surface area contributed by atoms with Crippen molar-refractivity contribution in [2.75, 3.05) is 13.2 Å². The minimum atomic E-state index is -5.11. The van der Waals surface area contributed by atoms with Crippen molar-refractivity contribution < 1.29 is 63.1 Å². The first-order valence-corrected chi connectivity index (χ1v) is 25.0. The summed E-state index contributed by atoms with van der Waals surface area (Å²) in [7, 11) is -5.11. The highest BCUT2D eigenvalue weighted by Gasteiger charge is 2.51. The summed E-state index contributed by atoms with van der Waals surface area (Å²) in [6, 6.07) is 0. The molecule has 0 radical (unpaired) electrons. The number of ether oxygens (including phenoxy) is 2. The summed E-state index contributed by atoms with van der Waals surface area (Å²) in [6.45, 7) is 3.30. The third-order valence-corrected chi connectivity index (χ3v) is 12.1. The molecule has 0 bridgehead atoms. The van der Waals surface area contributed by atoms with Crippen LogP contribution in [0.15, 0.2) is 12.2 Å². The molecule has 6 unspecified atom stereocenters. The van der Waals surface area contributed by atoms with E-state index in [4.69, 9.17) is 18.5 Å². The fourth-order valence-corrected chi connectivity index (χ4v) is 8.26. The van der Waals surface area contributed by atoms with Crippen LogP contribution in [0.5, 0.6) is 0 Å². The van der Waals surface area contributed by atoms with E-state index in [1.807, 2.05) is 0 Å². The monoisotopic (exact) mass is 865 g/mol. The molecule has 1 fully saturated rings. The van der Waals surface area contributed by atoms with Gasteiger partial charge in [0.25, 0.3) is 0 Å². The van der Waals surface area contributed by atoms with Crippen LogP contribution >= 0.6 is 7.82 Å². The second-order valence-corrected chi connectivity index (χ2v) is 18.0. The van der Waals surface area contributed by atoms with Crippen molar-refractivity contribution in [2.24, 2.45) is 0 Å². The van der Waals surface area contributed by atoms with Crippen LogP contribution in [0.3, 0.4) is 0 Å². The van der Waals surface area contributed by atoms with Crippen molar-refractivity contribution in [3.63, 3.8) is 0 Å². The molecule has 13 nitrogen and oxygen atoms in total. The molecule has 1 aliphatic rings. The van der Waals surface area contributed by atoms with Crippen LogP contribution in [0.1, 0.15) is 206 Å². The first-order chi connectivity index (χ1) is 28.4. The largest absolute Gasteiger partial charge is 0.472 e. The standard InChI is InChI=1S/C45H85O13P/c1-3-5-7-9-11-13-15-17-19-21-23-25-27-29-31-33-38(46)55-35-37(36-56-59(53,54)58-45-43(51)41(49)40(48)42(50)44(45)52)57-39(47)34-32-30-28-26-24-22-20-18-16-14-12-10-8-6-4-2/h13,15,37,40-45,48-52H,3-12,14,16-36H2,1-2H3,(H,53,54)/b15-13+/t37-,40?,41-,42?,43?,44?,45?/m1/s1. The number of allylic oxidation sites excluding steroid dienone is 2. The number of carbonyl (C=O) groups is 2. The van der Waals surface area contributed by atoms with E-state index in [2.05, 4.69) is 26.0 Å². The van der Waals surface area contributed by atoms with Gasteiger partial charge in [0, 0.05) is 12.8 Å². The Kier molecular flexibility index (Phi) is 34.0. The Balaban J connectivity index is 2.45. The quantitative estimate of drug-likeness (QED) is 0.0148. The molecule has 1 aliphatic carbocycles. The maximum Gasteiger partial charge on any atom is 0.472 e. The van der Waals surface area contributed by atoms with Crippen molar-refractivity contribution in [1.29, 1.82) is 0 Å². The number of hydrogen-bond acceptors (Lipinski definition) is 12. The second kappa shape index (κ2) is 36.1. The molecule has 8 atom stereocenters. The van der Waals surface area contributed by atoms with Gasteiger partial charge in [-0.15, -0.1) is 0 Å². The van der Waals surface area contributed by atoms with Crippen molar-refractivity contribution in [3.05, 3.63) is 12.2 Å². The molecule has 59 heavy (non-hydrogen) atoms. The predicted molar refractivity (Wildman–Crippen MR) is 231 cm³/mol. The minimum Gasteiger partial charge on any atom is -0.462 e. The average Bonchev–Trinajstić information content (AvgIpc) is 3.21. The number of hydrogen-bond donors (Lipinski definition) is 6. The number of phosphoric ester groups is 1. The summed E-state index contributed by atoms with van der Waals surface area (Å²) in [5.41, 5.74) is 0. The zero-order valence-electron chi connectivity index (χ0n) is 36.8. The Morgan fingerprint density at radius 3 is 1.31 bits per heavy atom. The van der Waals surface area contributed by atoms with Gasteiger partial charge in [-0.1, -0.05) is 167 Å². The van der Waals surface area contributed by atoms with Gasteiger partial charge in [0.1, 0.15) is 43.2 Å². The zero-order chi connectivity index (χ0) is 43.6. The Morgan fingerprint density at radius 2 is 0.864 bits per heavy atom. The van der Waals surface area contributed by atoms with E-state index in [0.29, 0.717) is 12.8 Å². The molecule has 6 N–H and O–H groups in total. The predicted octanol–water partition coefficient (Wildman–Crippen LogP) is 9.06. The van der Waals surface area contributed by atoms with Gasteiger partial charge in [-0.3, -0.25) is 18.6 Å². The minimum absolute atomic E-state index is 0.102. The summed E-state index contributed by atoms with van der Waals surface area (Å²) < 4.78 is 33.5. The lowest BCUT2D eigenvalue weighted by Crippen LogP contribution is -2.64. The summed E-state index contributed by atoms with van der Waals surface area (Å²) in [4.78, 5) is 35.7. The molecule has 14 heteroatoms. The summed E-state index contributed by atoms with van der Waals surface area (Å²) in [5, 5.41) is 50.1. The van der Waals surface area contributed by atoms with Crippen molar-refractivity contribution in [2.45, 2.75) is 249 Å². The number of carbonyl (C=O) groups excluding carboxylic acids is 2. The molecule has 0 amide bonds. The van der Waals surface area contributed by atoms with E-state index >= 15 is 0 Å². The summed E-state index contributed by atoms with van der Waals surface area (Å²) in [5.74, 6) is -1.09. The fraction of sp³-hybridized carbons (Fsp3) is 0.911. The lowest BCUT2D eigenvalue weighted by atomic mass is 9.85. The number of esters is 2. The molecule has 0 aliphatic heterocycles. The van der Waals surface area contributed by atoms with Crippen molar-refractivity contribution >= 4 is 19.8 Å². The summed E-state index contributed by atoms with van der Waals surface area (Å²) in [6.07, 6.45) is 24.0. The van der Waals surface area contributed by atoms with Gasteiger partial charge in [-0.2, -0.15) is 0 Å². The lowest BCUT2D eigenvalue weighted by Gasteiger charge is -2.41. The van der Waals surface area contributed by atoms with Gasteiger partial charge in [-0.25, -0.2) is 4.57 Å². The second-order valence-electron chi connectivity index (χ2n) is 16.6. The van der Waals surface area contributed by atoms with E-state index in [1.165, 1.54) is 116 Å². The maximum atomic E-state index is 12.8. The Morgan fingerprint density at radius 1 is 0.508 bits per heavy atom. The highest BCUT2D eigenvalue weighted by atomic mass is 31.2. The van der Waals surface area contributed by atoms with Crippen LogP contribution in [0, 0.1) is 0 Å². The molecular formula is C45H85O13P. The molecule has 1 saturated carbocycles. The zero-order valence-corrected chi connectivity index (χ0v) is 37.7. The number of aliphatic hydroxyl groups is 5. The molecular weight excluding hydrogens is 779 g/mol. The molecule has 0 aromatic carbocycles. The molecule has 348 valence electrons. The van der Waals surface area contributed by atoms with Gasteiger partial charge >= 0.3 is 19.8 Å². The Bertz CT molecular complexity index is 1090. The highest BCUT2D eigenvalue weighted by Crippen LogP contribution is 2.47. The van der Waals surface area contributed by atoms with Gasteiger partial charge < -0.3 is 39.9 Å². The van der Waals surface area contributed by atoms with E-state index in [9.17, 15) is 44.6 Å². The molecule has 0 saturated heterocycles. The topological polar surface area (TPSA) is 210 Å². The normalized spacial score (nSPS) is 22.4. The Labute approximate surface area is 356 Å². The summed E-state index contributed by atoms with van der Waals surface area (Å²) >= 11 is 0. The smallest absolute Gasteiger partial charge is 0.462 e. The van der Waals surface area contributed by atoms with Crippen LogP contribution in [0.4, 0.5) is 0 Å². The van der Waals surface area contributed by atoms with Crippen LogP contribution in [0.2, 0.25) is 0 Å². The van der Waals surface area contributed by atoms with E-state index in [-0.39, 0.29) is 12.8 Å². The van der Waals surface area contributed by atoms with Crippen LogP contribution in [0.25, 0.3) is 0 Å². The van der Waals surface area contributed by atoms with Gasteiger partial charge in [-0.05, 0) is 38.5 Å². The van der Waals surface area contributed by atoms with E-state index < -0.39 is 75.7 Å². The molecule has 0 spiro atoms. The van der Waals surface area contributed by atoms with Crippen LogP contribution in [-0.4, -0.2) is 98.3 Å². The molecule has 0 heterocycles. The first kappa shape index (κ1) is 55.6. The molecule has 0 aromatic heterocycles. The number of phosphoric acid groups is 1. The third kappa shape index (κ3) is 28.7. The fourth-order valence-electron chi connectivity index (χ4n) is 7.28.